The Hall–Kier alpha value is -2.04. The molecule has 0 aliphatic rings. The molecule has 5 heteroatoms. The Labute approximate surface area is 92.8 Å². The standard InChI is InChI=1S/C11H13NO4/c1-11(2,10(14)15)12-9(13)6-5-8-4-3-7-16-8/h3-7H,1-2H3,(H,12,13)(H,14,15)/b6-5+. The minimum absolute atomic E-state index is 0.483. The van der Waals surface area contributed by atoms with Crippen LogP contribution in [0.25, 0.3) is 6.08 Å². The molecule has 0 saturated heterocycles. The second-order valence-corrected chi connectivity index (χ2v) is 3.77. The molecule has 0 radical (unpaired) electrons. The SMILES string of the molecule is CC(C)(NC(=O)/C=C/c1ccco1)C(=O)O. The summed E-state index contributed by atoms with van der Waals surface area (Å²) < 4.78 is 4.98. The van der Waals surface area contributed by atoms with E-state index in [4.69, 9.17) is 9.52 Å². The van der Waals surface area contributed by atoms with Gasteiger partial charge in [0.25, 0.3) is 0 Å². The third kappa shape index (κ3) is 3.27. The molecule has 0 aliphatic heterocycles. The van der Waals surface area contributed by atoms with E-state index in [1.165, 1.54) is 32.3 Å². The van der Waals surface area contributed by atoms with Crippen LogP contribution in [0.1, 0.15) is 19.6 Å². The van der Waals surface area contributed by atoms with Crippen LogP contribution in [0.4, 0.5) is 0 Å². The molecular weight excluding hydrogens is 210 g/mol. The molecule has 0 saturated carbocycles. The Bertz CT molecular complexity index is 404. The summed E-state index contributed by atoms with van der Waals surface area (Å²) in [5, 5.41) is 11.1. The van der Waals surface area contributed by atoms with Crippen LogP contribution >= 0.6 is 0 Å². The highest BCUT2D eigenvalue weighted by atomic mass is 16.4. The van der Waals surface area contributed by atoms with Gasteiger partial charge in [0.15, 0.2) is 0 Å². The summed E-state index contributed by atoms with van der Waals surface area (Å²) in [6, 6.07) is 3.38. The molecule has 5 nitrogen and oxygen atoms in total. The van der Waals surface area contributed by atoms with Crippen molar-refractivity contribution in [3.05, 3.63) is 30.2 Å². The largest absolute Gasteiger partial charge is 0.480 e. The monoisotopic (exact) mass is 223 g/mol. The predicted molar refractivity (Wildman–Crippen MR) is 57.6 cm³/mol. The van der Waals surface area contributed by atoms with Gasteiger partial charge in [-0.2, -0.15) is 0 Å². The lowest BCUT2D eigenvalue weighted by Gasteiger charge is -2.19. The highest BCUT2D eigenvalue weighted by Gasteiger charge is 2.27. The predicted octanol–water partition coefficient (Wildman–Crippen LogP) is 1.27. The average molecular weight is 223 g/mol. The van der Waals surface area contributed by atoms with E-state index < -0.39 is 17.4 Å². The van der Waals surface area contributed by atoms with E-state index in [1.807, 2.05) is 0 Å². The molecule has 86 valence electrons. The molecule has 0 spiro atoms. The lowest BCUT2D eigenvalue weighted by Crippen LogP contribution is -2.49. The summed E-state index contributed by atoms with van der Waals surface area (Å²) in [6.07, 6.45) is 4.18. The van der Waals surface area contributed by atoms with Crippen LogP contribution in [0.5, 0.6) is 0 Å². The van der Waals surface area contributed by atoms with Crippen molar-refractivity contribution in [2.24, 2.45) is 0 Å². The first-order valence-corrected chi connectivity index (χ1v) is 4.69. The topological polar surface area (TPSA) is 79.5 Å². The average Bonchev–Trinajstić information content (AvgIpc) is 2.66. The minimum Gasteiger partial charge on any atom is -0.480 e. The quantitative estimate of drug-likeness (QED) is 0.753. The molecule has 0 fully saturated rings. The Morgan fingerprint density at radius 3 is 2.69 bits per heavy atom. The summed E-state index contributed by atoms with van der Waals surface area (Å²) in [5.41, 5.74) is -1.29. The summed E-state index contributed by atoms with van der Waals surface area (Å²) >= 11 is 0. The van der Waals surface area contributed by atoms with Gasteiger partial charge in [0.1, 0.15) is 11.3 Å². The fourth-order valence-electron chi connectivity index (χ4n) is 0.947. The van der Waals surface area contributed by atoms with Gasteiger partial charge in [0, 0.05) is 6.08 Å². The van der Waals surface area contributed by atoms with Gasteiger partial charge in [-0.15, -0.1) is 0 Å². The van der Waals surface area contributed by atoms with E-state index in [0.717, 1.165) is 0 Å². The van der Waals surface area contributed by atoms with E-state index in [0.29, 0.717) is 5.76 Å². The van der Waals surface area contributed by atoms with Crippen LogP contribution in [0.2, 0.25) is 0 Å². The third-order valence-corrected chi connectivity index (χ3v) is 1.91. The van der Waals surface area contributed by atoms with Gasteiger partial charge in [-0.3, -0.25) is 4.79 Å². The molecule has 2 N–H and O–H groups in total. The Balaban J connectivity index is 2.58. The Morgan fingerprint density at radius 2 is 2.19 bits per heavy atom. The van der Waals surface area contributed by atoms with E-state index in [9.17, 15) is 9.59 Å². The first-order chi connectivity index (χ1) is 7.42. The van der Waals surface area contributed by atoms with E-state index >= 15 is 0 Å². The van der Waals surface area contributed by atoms with E-state index in [-0.39, 0.29) is 0 Å². The highest BCUT2D eigenvalue weighted by Crippen LogP contribution is 2.04. The molecule has 16 heavy (non-hydrogen) atoms. The van der Waals surface area contributed by atoms with Crippen molar-refractivity contribution < 1.29 is 19.1 Å². The van der Waals surface area contributed by atoms with Crippen LogP contribution < -0.4 is 5.32 Å². The number of aliphatic carboxylic acids is 1. The van der Waals surface area contributed by atoms with Gasteiger partial charge in [-0.05, 0) is 32.1 Å². The van der Waals surface area contributed by atoms with Crippen LogP contribution in [-0.4, -0.2) is 22.5 Å². The normalized spacial score (nSPS) is 11.6. The molecule has 1 heterocycles. The number of furan rings is 1. The smallest absolute Gasteiger partial charge is 0.328 e. The van der Waals surface area contributed by atoms with Gasteiger partial charge in [-0.1, -0.05) is 0 Å². The maximum absolute atomic E-state index is 11.4. The fourth-order valence-corrected chi connectivity index (χ4v) is 0.947. The zero-order chi connectivity index (χ0) is 12.2. The zero-order valence-corrected chi connectivity index (χ0v) is 9.06. The fraction of sp³-hybridized carbons (Fsp3) is 0.273. The van der Waals surface area contributed by atoms with Crippen LogP contribution in [-0.2, 0) is 9.59 Å². The number of amides is 1. The van der Waals surface area contributed by atoms with Gasteiger partial charge in [-0.25, -0.2) is 4.79 Å². The van der Waals surface area contributed by atoms with Gasteiger partial charge < -0.3 is 14.8 Å². The lowest BCUT2D eigenvalue weighted by atomic mass is 10.1. The number of carboxylic acid groups (broad SMARTS) is 1. The number of rotatable bonds is 4. The molecule has 1 rings (SSSR count). The first-order valence-electron chi connectivity index (χ1n) is 4.69. The van der Waals surface area contributed by atoms with Gasteiger partial charge >= 0.3 is 5.97 Å². The molecule has 0 aliphatic carbocycles. The maximum Gasteiger partial charge on any atom is 0.328 e. The molecule has 0 unspecified atom stereocenters. The second-order valence-electron chi connectivity index (χ2n) is 3.77. The molecule has 1 amide bonds. The number of carboxylic acids is 1. The summed E-state index contributed by atoms with van der Waals surface area (Å²) in [5.74, 6) is -1.04. The van der Waals surface area contributed by atoms with E-state index in [2.05, 4.69) is 5.32 Å². The molecule has 0 atom stereocenters. The van der Waals surface area contributed by atoms with Crippen LogP contribution in [0.3, 0.4) is 0 Å². The van der Waals surface area contributed by atoms with Crippen molar-refractivity contribution in [2.75, 3.05) is 0 Å². The molecule has 0 aromatic carbocycles. The number of carbonyl (C=O) groups excluding carboxylic acids is 1. The zero-order valence-electron chi connectivity index (χ0n) is 9.06. The number of hydrogen-bond acceptors (Lipinski definition) is 3. The van der Waals surface area contributed by atoms with Crippen LogP contribution in [0.15, 0.2) is 28.9 Å². The van der Waals surface area contributed by atoms with Crippen molar-refractivity contribution in [3.63, 3.8) is 0 Å². The molecular formula is C11H13NO4. The van der Waals surface area contributed by atoms with E-state index in [1.54, 1.807) is 12.1 Å². The van der Waals surface area contributed by atoms with Crippen LogP contribution in [0, 0.1) is 0 Å². The minimum atomic E-state index is -1.29. The molecule has 0 bridgehead atoms. The summed E-state index contributed by atoms with van der Waals surface area (Å²) in [6.45, 7) is 2.82. The molecule has 1 aromatic heterocycles. The maximum atomic E-state index is 11.4. The van der Waals surface area contributed by atoms with Gasteiger partial charge in [0.2, 0.25) is 5.91 Å². The Kier molecular flexibility index (Phi) is 3.50. The highest BCUT2D eigenvalue weighted by molar-refractivity contribution is 5.95. The van der Waals surface area contributed by atoms with Gasteiger partial charge in [0.05, 0.1) is 6.26 Å². The van der Waals surface area contributed by atoms with Crippen molar-refractivity contribution in [1.82, 2.24) is 5.32 Å². The van der Waals surface area contributed by atoms with Crippen molar-refractivity contribution in [2.45, 2.75) is 19.4 Å². The first kappa shape index (κ1) is 12.0. The Morgan fingerprint density at radius 1 is 1.50 bits per heavy atom. The number of nitrogens with one attached hydrogen (secondary N) is 1. The van der Waals surface area contributed by atoms with Crippen molar-refractivity contribution in [1.29, 1.82) is 0 Å². The van der Waals surface area contributed by atoms with Crippen molar-refractivity contribution in [3.8, 4) is 0 Å². The number of hydrogen-bond donors (Lipinski definition) is 2. The lowest BCUT2D eigenvalue weighted by molar-refractivity contribution is -0.145. The van der Waals surface area contributed by atoms with Crippen molar-refractivity contribution >= 4 is 18.0 Å². The third-order valence-electron chi connectivity index (χ3n) is 1.91. The second kappa shape index (κ2) is 4.65. The molecule has 1 aromatic rings. The summed E-state index contributed by atoms with van der Waals surface area (Å²) in [4.78, 5) is 22.1. The summed E-state index contributed by atoms with van der Waals surface area (Å²) in [7, 11) is 0. The number of carbonyl (C=O) groups is 2.